The van der Waals surface area contributed by atoms with Gasteiger partial charge in [-0.25, -0.2) is 0 Å². The molecule has 0 aliphatic rings. The lowest BCUT2D eigenvalue weighted by Gasteiger charge is -1.89. The maximum absolute atomic E-state index is 8.93. The molecule has 74 valence electrons. The predicted molar refractivity (Wildman–Crippen MR) is 59.3 cm³/mol. The molecular formula is C10H5ClN2OS. The topological polar surface area (TPSA) is 49.8 Å². The molecule has 0 radical (unpaired) electrons. The largest absolute Gasteiger partial charge is 0.356 e. The fourth-order valence-electron chi connectivity index (χ4n) is 1.06. The van der Waals surface area contributed by atoms with Crippen LogP contribution in [0.2, 0.25) is 4.34 Å². The van der Waals surface area contributed by atoms with Crippen LogP contribution in [0.15, 0.2) is 28.9 Å². The minimum Gasteiger partial charge on any atom is -0.356 e. The summed E-state index contributed by atoms with van der Waals surface area (Å²) in [4.78, 5) is 0.910. The van der Waals surface area contributed by atoms with Gasteiger partial charge in [0.2, 0.25) is 0 Å². The molecular weight excluding hydrogens is 232 g/mol. The van der Waals surface area contributed by atoms with Gasteiger partial charge in [0, 0.05) is 10.9 Å². The first kappa shape index (κ1) is 9.97. The molecule has 3 nitrogen and oxygen atoms in total. The van der Waals surface area contributed by atoms with Crippen molar-refractivity contribution < 1.29 is 4.52 Å². The number of rotatable bonds is 2. The highest BCUT2D eigenvalue weighted by atomic mass is 35.5. The second kappa shape index (κ2) is 4.30. The van der Waals surface area contributed by atoms with E-state index in [2.05, 4.69) is 11.2 Å². The summed E-state index contributed by atoms with van der Waals surface area (Å²) in [6.07, 6.45) is 3.22. The first-order chi connectivity index (χ1) is 7.29. The quantitative estimate of drug-likeness (QED) is 0.751. The number of allylic oxidation sites excluding steroid dienone is 1. The molecule has 2 rings (SSSR count). The van der Waals surface area contributed by atoms with Crippen LogP contribution in [0.5, 0.6) is 0 Å². The van der Waals surface area contributed by atoms with Gasteiger partial charge in [0.15, 0.2) is 5.76 Å². The Kier molecular flexibility index (Phi) is 2.86. The minimum atomic E-state index is 0.436. The third kappa shape index (κ3) is 2.27. The molecule has 0 aromatic carbocycles. The van der Waals surface area contributed by atoms with Crippen LogP contribution in [0.3, 0.4) is 0 Å². The summed E-state index contributed by atoms with van der Waals surface area (Å²) in [7, 11) is 0. The summed E-state index contributed by atoms with van der Waals surface area (Å²) in [5, 5.41) is 12.5. The van der Waals surface area contributed by atoms with E-state index in [-0.39, 0.29) is 0 Å². The number of nitrogens with zero attached hydrogens (tertiary/aromatic N) is 2. The van der Waals surface area contributed by atoms with Gasteiger partial charge >= 0.3 is 0 Å². The van der Waals surface area contributed by atoms with Crippen molar-refractivity contribution in [2.75, 3.05) is 0 Å². The molecule has 0 unspecified atom stereocenters. The summed E-state index contributed by atoms with van der Waals surface area (Å²) in [5.41, 5.74) is 0.436. The first-order valence-corrected chi connectivity index (χ1v) is 5.27. The molecule has 5 heteroatoms. The maximum atomic E-state index is 8.93. The lowest BCUT2D eigenvalue weighted by atomic mass is 10.2. The molecule has 2 heterocycles. The van der Waals surface area contributed by atoms with Crippen LogP contribution < -0.4 is 0 Å². The zero-order valence-electron chi connectivity index (χ0n) is 7.48. The van der Waals surface area contributed by atoms with E-state index in [9.17, 15) is 0 Å². The molecule has 0 atom stereocenters. The second-order valence-electron chi connectivity index (χ2n) is 2.69. The van der Waals surface area contributed by atoms with Gasteiger partial charge in [0.05, 0.1) is 16.1 Å². The molecule has 15 heavy (non-hydrogen) atoms. The van der Waals surface area contributed by atoms with Crippen molar-refractivity contribution >= 4 is 34.6 Å². The minimum absolute atomic E-state index is 0.436. The molecule has 0 saturated heterocycles. The standard InChI is InChI=1S/C10H5ClN2OS/c11-10-2-1-8(15-10)5-7(6-12)9-3-4-13-14-9/h1-5H/b7-5-. The SMILES string of the molecule is N#C/C(=C/c1ccc(Cl)s1)c1ccno1. The summed E-state index contributed by atoms with van der Waals surface area (Å²) >= 11 is 7.19. The summed E-state index contributed by atoms with van der Waals surface area (Å²) in [6, 6.07) is 7.33. The van der Waals surface area contributed by atoms with Gasteiger partial charge in [-0.05, 0) is 18.2 Å². The van der Waals surface area contributed by atoms with Crippen LogP contribution >= 0.6 is 22.9 Å². The first-order valence-electron chi connectivity index (χ1n) is 4.08. The molecule has 0 fully saturated rings. The van der Waals surface area contributed by atoms with Gasteiger partial charge in [-0.1, -0.05) is 16.8 Å². The maximum Gasteiger partial charge on any atom is 0.177 e. The lowest BCUT2D eigenvalue weighted by Crippen LogP contribution is -1.75. The predicted octanol–water partition coefficient (Wildman–Crippen LogP) is 3.45. The lowest BCUT2D eigenvalue weighted by molar-refractivity contribution is 0.411. The van der Waals surface area contributed by atoms with Gasteiger partial charge in [0.25, 0.3) is 0 Å². The van der Waals surface area contributed by atoms with E-state index < -0.39 is 0 Å². The highest BCUT2D eigenvalue weighted by Gasteiger charge is 2.05. The highest BCUT2D eigenvalue weighted by molar-refractivity contribution is 7.17. The van der Waals surface area contributed by atoms with Gasteiger partial charge in [-0.3, -0.25) is 0 Å². The second-order valence-corrected chi connectivity index (χ2v) is 4.44. The number of nitriles is 1. The Morgan fingerprint density at radius 3 is 2.93 bits per heavy atom. The van der Waals surface area contributed by atoms with Crippen LogP contribution in [-0.4, -0.2) is 5.16 Å². The third-order valence-corrected chi connectivity index (χ3v) is 2.88. The number of halogens is 1. The summed E-state index contributed by atoms with van der Waals surface area (Å²) < 4.78 is 5.59. The Morgan fingerprint density at radius 2 is 2.40 bits per heavy atom. The average Bonchev–Trinajstić information content (AvgIpc) is 2.85. The molecule has 2 aromatic rings. The van der Waals surface area contributed by atoms with Gasteiger partial charge in [0.1, 0.15) is 6.07 Å². The van der Waals surface area contributed by atoms with E-state index in [0.29, 0.717) is 15.7 Å². The molecule has 0 aliphatic carbocycles. The van der Waals surface area contributed by atoms with Crippen LogP contribution in [-0.2, 0) is 0 Å². The Balaban J connectivity index is 2.36. The summed E-state index contributed by atoms with van der Waals surface area (Å²) in [6.45, 7) is 0. The van der Waals surface area contributed by atoms with Crippen molar-refractivity contribution in [3.8, 4) is 6.07 Å². The number of hydrogen-bond acceptors (Lipinski definition) is 4. The van der Waals surface area contributed by atoms with E-state index in [1.807, 2.05) is 6.07 Å². The zero-order chi connectivity index (χ0) is 10.7. The normalized spacial score (nSPS) is 11.3. The van der Waals surface area contributed by atoms with Crippen LogP contribution in [0.25, 0.3) is 11.6 Å². The van der Waals surface area contributed by atoms with Crippen molar-refractivity contribution in [2.24, 2.45) is 0 Å². The zero-order valence-corrected chi connectivity index (χ0v) is 9.05. The van der Waals surface area contributed by atoms with Crippen molar-refractivity contribution in [3.63, 3.8) is 0 Å². The Morgan fingerprint density at radius 1 is 1.53 bits per heavy atom. The molecule has 0 saturated carbocycles. The van der Waals surface area contributed by atoms with E-state index >= 15 is 0 Å². The molecule has 0 aliphatic heterocycles. The molecule has 0 spiro atoms. The van der Waals surface area contributed by atoms with Crippen LogP contribution in [0, 0.1) is 11.3 Å². The van der Waals surface area contributed by atoms with Crippen molar-refractivity contribution in [1.29, 1.82) is 5.26 Å². The smallest absolute Gasteiger partial charge is 0.177 e. The Labute approximate surface area is 95.2 Å². The summed E-state index contributed by atoms with van der Waals surface area (Å²) in [5.74, 6) is 0.460. The van der Waals surface area contributed by atoms with E-state index in [1.165, 1.54) is 17.5 Å². The van der Waals surface area contributed by atoms with Crippen molar-refractivity contribution in [3.05, 3.63) is 39.4 Å². The van der Waals surface area contributed by atoms with E-state index in [0.717, 1.165) is 4.88 Å². The fraction of sp³-hybridized carbons (Fsp3) is 0. The monoisotopic (exact) mass is 236 g/mol. The average molecular weight is 237 g/mol. The van der Waals surface area contributed by atoms with Gasteiger partial charge < -0.3 is 4.52 Å². The third-order valence-electron chi connectivity index (χ3n) is 1.70. The Bertz CT molecular complexity index is 522. The van der Waals surface area contributed by atoms with Crippen LogP contribution in [0.4, 0.5) is 0 Å². The number of aromatic nitrogens is 1. The number of thiophene rings is 1. The molecule has 0 amide bonds. The van der Waals surface area contributed by atoms with E-state index in [1.54, 1.807) is 18.2 Å². The van der Waals surface area contributed by atoms with Gasteiger partial charge in [-0.15, -0.1) is 11.3 Å². The fourth-order valence-corrected chi connectivity index (χ4v) is 2.07. The number of hydrogen-bond donors (Lipinski definition) is 0. The molecule has 2 aromatic heterocycles. The van der Waals surface area contributed by atoms with Crippen LogP contribution in [0.1, 0.15) is 10.6 Å². The van der Waals surface area contributed by atoms with Crippen molar-refractivity contribution in [1.82, 2.24) is 5.16 Å². The molecule has 0 bridgehead atoms. The van der Waals surface area contributed by atoms with Gasteiger partial charge in [-0.2, -0.15) is 5.26 Å². The van der Waals surface area contributed by atoms with E-state index in [4.69, 9.17) is 21.4 Å². The highest BCUT2D eigenvalue weighted by Crippen LogP contribution is 2.25. The molecule has 0 N–H and O–H groups in total. The Hall–Kier alpha value is -1.57. The van der Waals surface area contributed by atoms with Crippen molar-refractivity contribution in [2.45, 2.75) is 0 Å².